The fourth-order valence-corrected chi connectivity index (χ4v) is 2.55. The molecule has 0 aromatic heterocycles. The van der Waals surface area contributed by atoms with E-state index >= 15 is 0 Å². The Balaban J connectivity index is 2.23. The first-order valence-electron chi connectivity index (χ1n) is 6.17. The lowest BCUT2D eigenvalue weighted by atomic mass is 10.0. The van der Waals surface area contributed by atoms with E-state index in [9.17, 15) is 14.9 Å². The van der Waals surface area contributed by atoms with Gasteiger partial charge in [-0.1, -0.05) is 11.6 Å². The van der Waals surface area contributed by atoms with Crippen LogP contribution in [0.3, 0.4) is 0 Å². The minimum absolute atomic E-state index is 0.0777. The number of nitrogens with zero attached hydrogens (tertiary/aromatic N) is 2. The van der Waals surface area contributed by atoms with Gasteiger partial charge < -0.3 is 5.32 Å². The van der Waals surface area contributed by atoms with E-state index in [0.29, 0.717) is 6.42 Å². The fraction of sp³-hybridized carbons (Fsp3) is 0.385. The number of nitro groups is 1. The van der Waals surface area contributed by atoms with Crippen LogP contribution >= 0.6 is 11.6 Å². The molecule has 0 heterocycles. The molecule has 1 saturated carbocycles. The summed E-state index contributed by atoms with van der Waals surface area (Å²) in [6, 6.07) is 5.72. The molecule has 0 bridgehead atoms. The molecule has 0 aliphatic heterocycles. The summed E-state index contributed by atoms with van der Waals surface area (Å²) in [6.07, 6.45) is 2.30. The first-order valence-corrected chi connectivity index (χ1v) is 6.55. The lowest BCUT2D eigenvalue weighted by molar-refractivity contribution is -0.385. The molecule has 2 unspecified atom stereocenters. The van der Waals surface area contributed by atoms with Gasteiger partial charge in [-0.3, -0.25) is 14.9 Å². The smallest absolute Gasteiger partial charge is 0.282 e. The van der Waals surface area contributed by atoms with Gasteiger partial charge in [-0.15, -0.1) is 0 Å². The number of hydrogen-bond donors (Lipinski definition) is 1. The van der Waals surface area contributed by atoms with E-state index in [4.69, 9.17) is 16.9 Å². The van der Waals surface area contributed by atoms with Crippen molar-refractivity contribution in [1.82, 2.24) is 5.32 Å². The molecule has 2 rings (SSSR count). The van der Waals surface area contributed by atoms with Gasteiger partial charge in [-0.25, -0.2) is 0 Å². The predicted octanol–water partition coefficient (Wildman–Crippen LogP) is 2.67. The molecule has 1 aromatic rings. The summed E-state index contributed by atoms with van der Waals surface area (Å²) in [7, 11) is 0. The molecular formula is C13H12ClN3O3. The van der Waals surface area contributed by atoms with Crippen molar-refractivity contribution in [1.29, 1.82) is 5.26 Å². The molecule has 1 aromatic carbocycles. The summed E-state index contributed by atoms with van der Waals surface area (Å²) < 4.78 is 0. The summed E-state index contributed by atoms with van der Waals surface area (Å²) in [5.74, 6) is -0.802. The maximum absolute atomic E-state index is 12.2. The van der Waals surface area contributed by atoms with Crippen LogP contribution in [0.2, 0.25) is 5.02 Å². The van der Waals surface area contributed by atoms with Crippen LogP contribution in [0, 0.1) is 27.4 Å². The number of amides is 1. The van der Waals surface area contributed by atoms with Gasteiger partial charge >= 0.3 is 0 Å². The topological polar surface area (TPSA) is 96.0 Å². The first-order chi connectivity index (χ1) is 9.52. The molecular weight excluding hydrogens is 282 g/mol. The van der Waals surface area contributed by atoms with Crippen molar-refractivity contribution >= 4 is 23.2 Å². The average molecular weight is 294 g/mol. The number of nitrogens with one attached hydrogen (secondary N) is 1. The van der Waals surface area contributed by atoms with Gasteiger partial charge in [0.25, 0.3) is 11.6 Å². The molecule has 20 heavy (non-hydrogen) atoms. The Morgan fingerprint density at radius 1 is 1.50 bits per heavy atom. The normalized spacial score (nSPS) is 21.2. The van der Waals surface area contributed by atoms with Gasteiger partial charge in [0.05, 0.1) is 16.9 Å². The van der Waals surface area contributed by atoms with Crippen molar-refractivity contribution in [3.8, 4) is 6.07 Å². The van der Waals surface area contributed by atoms with Crippen LogP contribution in [0.5, 0.6) is 0 Å². The number of carbonyl (C=O) groups excluding carboxylic acids is 1. The van der Waals surface area contributed by atoms with Crippen LogP contribution in [-0.2, 0) is 0 Å². The molecule has 1 amide bonds. The third-order valence-electron chi connectivity index (χ3n) is 3.40. The number of nitro benzene ring substituents is 1. The third-order valence-corrected chi connectivity index (χ3v) is 3.63. The van der Waals surface area contributed by atoms with Crippen molar-refractivity contribution in [3.63, 3.8) is 0 Å². The summed E-state index contributed by atoms with van der Waals surface area (Å²) in [6.45, 7) is 0. The predicted molar refractivity (Wildman–Crippen MR) is 72.3 cm³/mol. The monoisotopic (exact) mass is 293 g/mol. The zero-order valence-electron chi connectivity index (χ0n) is 10.5. The van der Waals surface area contributed by atoms with Gasteiger partial charge in [0.15, 0.2) is 0 Å². The van der Waals surface area contributed by atoms with Crippen LogP contribution in [0.1, 0.15) is 29.6 Å². The molecule has 0 spiro atoms. The highest BCUT2D eigenvalue weighted by atomic mass is 35.5. The number of hydrogen-bond acceptors (Lipinski definition) is 4. The first kappa shape index (κ1) is 14.3. The van der Waals surface area contributed by atoms with Crippen LogP contribution < -0.4 is 5.32 Å². The molecule has 2 atom stereocenters. The Morgan fingerprint density at radius 2 is 2.25 bits per heavy atom. The maximum atomic E-state index is 12.2. The van der Waals surface area contributed by atoms with Crippen molar-refractivity contribution in [2.24, 2.45) is 5.92 Å². The summed E-state index contributed by atoms with van der Waals surface area (Å²) in [4.78, 5) is 22.5. The highest BCUT2D eigenvalue weighted by Crippen LogP contribution is 2.27. The zero-order chi connectivity index (χ0) is 14.7. The molecule has 1 aliphatic rings. The van der Waals surface area contributed by atoms with E-state index in [2.05, 4.69) is 11.4 Å². The second-order valence-corrected chi connectivity index (χ2v) is 5.10. The van der Waals surface area contributed by atoms with E-state index < -0.39 is 10.8 Å². The van der Waals surface area contributed by atoms with E-state index in [-0.39, 0.29) is 28.2 Å². The van der Waals surface area contributed by atoms with E-state index in [1.807, 2.05) is 0 Å². The van der Waals surface area contributed by atoms with Crippen molar-refractivity contribution in [2.45, 2.75) is 25.3 Å². The Morgan fingerprint density at radius 3 is 2.90 bits per heavy atom. The number of carbonyl (C=O) groups is 1. The van der Waals surface area contributed by atoms with E-state index in [0.717, 1.165) is 12.8 Å². The van der Waals surface area contributed by atoms with Gasteiger partial charge in [0.2, 0.25) is 0 Å². The van der Waals surface area contributed by atoms with Crippen molar-refractivity contribution in [3.05, 3.63) is 38.9 Å². The van der Waals surface area contributed by atoms with Gasteiger partial charge in [0, 0.05) is 17.1 Å². The molecule has 7 heteroatoms. The van der Waals surface area contributed by atoms with Gasteiger partial charge in [-0.05, 0) is 31.4 Å². The Labute approximate surface area is 120 Å². The van der Waals surface area contributed by atoms with E-state index in [1.165, 1.54) is 18.2 Å². The molecule has 1 aliphatic carbocycles. The molecule has 1 N–H and O–H groups in total. The van der Waals surface area contributed by atoms with Crippen molar-refractivity contribution < 1.29 is 9.72 Å². The van der Waals surface area contributed by atoms with Crippen LogP contribution in [0.25, 0.3) is 0 Å². The maximum Gasteiger partial charge on any atom is 0.282 e. The number of halogens is 1. The molecule has 0 radical (unpaired) electrons. The van der Waals surface area contributed by atoms with Crippen molar-refractivity contribution in [2.75, 3.05) is 0 Å². The third kappa shape index (κ3) is 2.89. The van der Waals surface area contributed by atoms with Gasteiger partial charge in [-0.2, -0.15) is 5.26 Å². The Kier molecular flexibility index (Phi) is 4.20. The average Bonchev–Trinajstić information content (AvgIpc) is 2.85. The SMILES string of the molecule is N#CC1CCCC1NC(=O)c1cc(Cl)ccc1[N+](=O)[O-]. The number of nitriles is 1. The minimum Gasteiger partial charge on any atom is -0.348 e. The standard InChI is InChI=1S/C13H12ClN3O3/c14-9-4-5-12(17(19)20)10(6-9)13(18)16-11-3-1-2-8(11)7-15/h4-6,8,11H,1-3H2,(H,16,18). The molecule has 0 saturated heterocycles. The quantitative estimate of drug-likeness (QED) is 0.684. The lowest BCUT2D eigenvalue weighted by Crippen LogP contribution is -2.37. The summed E-state index contributed by atoms with van der Waals surface area (Å²) in [5.41, 5.74) is -0.371. The second kappa shape index (κ2) is 5.88. The van der Waals surface area contributed by atoms with Gasteiger partial charge in [0.1, 0.15) is 5.56 Å². The Bertz CT molecular complexity index is 597. The zero-order valence-corrected chi connectivity index (χ0v) is 11.3. The van der Waals surface area contributed by atoms with E-state index in [1.54, 1.807) is 0 Å². The fourth-order valence-electron chi connectivity index (χ4n) is 2.38. The second-order valence-electron chi connectivity index (χ2n) is 4.67. The highest BCUT2D eigenvalue weighted by Gasteiger charge is 2.30. The minimum atomic E-state index is -0.623. The largest absolute Gasteiger partial charge is 0.348 e. The summed E-state index contributed by atoms with van der Waals surface area (Å²) >= 11 is 5.78. The molecule has 1 fully saturated rings. The lowest BCUT2D eigenvalue weighted by Gasteiger charge is -2.15. The van der Waals surface area contributed by atoms with Crippen LogP contribution in [0.4, 0.5) is 5.69 Å². The van der Waals surface area contributed by atoms with Crippen LogP contribution in [-0.4, -0.2) is 16.9 Å². The number of rotatable bonds is 3. The highest BCUT2D eigenvalue weighted by molar-refractivity contribution is 6.31. The molecule has 104 valence electrons. The number of benzene rings is 1. The summed E-state index contributed by atoms with van der Waals surface area (Å²) in [5, 5.41) is 22.8. The van der Waals surface area contributed by atoms with Crippen LogP contribution in [0.15, 0.2) is 18.2 Å². The Hall–Kier alpha value is -2.13. The molecule has 6 nitrogen and oxygen atoms in total.